The van der Waals surface area contributed by atoms with Crippen molar-refractivity contribution in [3.8, 4) is 0 Å². The lowest BCUT2D eigenvalue weighted by Crippen LogP contribution is -2.53. The number of carbonyl (C=O) groups excluding carboxylic acids is 2. The average molecular weight is 589 g/mol. The van der Waals surface area contributed by atoms with Crippen LogP contribution in [0, 0.1) is 6.92 Å². The van der Waals surface area contributed by atoms with E-state index >= 15 is 0 Å². The van der Waals surface area contributed by atoms with Gasteiger partial charge in [0.15, 0.2) is 0 Å². The van der Waals surface area contributed by atoms with Crippen molar-refractivity contribution < 1.29 is 18.0 Å². The summed E-state index contributed by atoms with van der Waals surface area (Å²) in [5.74, 6) is -0.828. The molecule has 202 valence electrons. The van der Waals surface area contributed by atoms with Gasteiger partial charge < -0.3 is 10.2 Å². The number of nitrogens with zero attached hydrogens (tertiary/aromatic N) is 2. The van der Waals surface area contributed by atoms with Crippen LogP contribution in [-0.2, 0) is 26.2 Å². The summed E-state index contributed by atoms with van der Waals surface area (Å²) in [5.41, 5.74) is 1.90. The first-order valence-corrected chi connectivity index (χ1v) is 15.1. The number of rotatable bonds is 9. The topological polar surface area (TPSA) is 86.8 Å². The Bertz CT molecular complexity index is 1230. The van der Waals surface area contributed by atoms with Crippen LogP contribution in [0.15, 0.2) is 36.4 Å². The Morgan fingerprint density at radius 1 is 1.00 bits per heavy atom. The van der Waals surface area contributed by atoms with Crippen molar-refractivity contribution in [3.05, 3.63) is 62.6 Å². The third-order valence-electron chi connectivity index (χ3n) is 6.53. The summed E-state index contributed by atoms with van der Waals surface area (Å²) in [5, 5.41) is 3.35. The van der Waals surface area contributed by atoms with Gasteiger partial charge >= 0.3 is 0 Å². The first-order chi connectivity index (χ1) is 17.4. The lowest BCUT2D eigenvalue weighted by molar-refractivity contribution is -0.139. The number of nitrogens with one attached hydrogen (secondary N) is 1. The highest BCUT2D eigenvalue weighted by Gasteiger charge is 2.32. The van der Waals surface area contributed by atoms with Crippen molar-refractivity contribution >= 4 is 62.3 Å². The summed E-state index contributed by atoms with van der Waals surface area (Å²) >= 11 is 18.4. The third-order valence-corrected chi connectivity index (χ3v) is 8.68. The van der Waals surface area contributed by atoms with Gasteiger partial charge in [-0.1, -0.05) is 83.9 Å². The van der Waals surface area contributed by atoms with Gasteiger partial charge in [-0.25, -0.2) is 8.42 Å². The van der Waals surface area contributed by atoms with E-state index in [1.54, 1.807) is 6.92 Å². The van der Waals surface area contributed by atoms with Crippen LogP contribution in [0.25, 0.3) is 0 Å². The fraction of sp³-hybridized carbons (Fsp3) is 0.462. The molecule has 0 spiro atoms. The fourth-order valence-electron chi connectivity index (χ4n) is 4.34. The molecular weight excluding hydrogens is 557 g/mol. The molecule has 0 heterocycles. The molecule has 1 aliphatic rings. The van der Waals surface area contributed by atoms with Crippen LogP contribution in [0.5, 0.6) is 0 Å². The molecule has 3 rings (SSSR count). The molecule has 0 saturated heterocycles. The molecule has 1 aliphatic carbocycles. The van der Waals surface area contributed by atoms with Crippen LogP contribution in [0.1, 0.15) is 50.2 Å². The molecule has 2 amide bonds. The predicted octanol–water partition coefficient (Wildman–Crippen LogP) is 5.59. The molecule has 1 N–H and O–H groups in total. The molecular formula is C26H32Cl3N3O4S. The Labute approximate surface area is 234 Å². The van der Waals surface area contributed by atoms with E-state index in [1.165, 1.54) is 17.0 Å². The zero-order valence-electron chi connectivity index (χ0n) is 21.1. The van der Waals surface area contributed by atoms with E-state index in [-0.39, 0.29) is 39.2 Å². The number of hydrogen-bond donors (Lipinski definition) is 1. The van der Waals surface area contributed by atoms with Gasteiger partial charge in [0.2, 0.25) is 21.8 Å². The van der Waals surface area contributed by atoms with Gasteiger partial charge in [-0.3, -0.25) is 13.9 Å². The molecule has 0 bridgehead atoms. The Morgan fingerprint density at radius 2 is 1.59 bits per heavy atom. The van der Waals surface area contributed by atoms with Crippen molar-refractivity contribution in [1.82, 2.24) is 10.2 Å². The van der Waals surface area contributed by atoms with Crippen molar-refractivity contribution in [2.45, 2.75) is 64.6 Å². The molecule has 37 heavy (non-hydrogen) atoms. The van der Waals surface area contributed by atoms with Crippen LogP contribution >= 0.6 is 34.8 Å². The van der Waals surface area contributed by atoms with Crippen LogP contribution < -0.4 is 9.62 Å². The normalized spacial score (nSPS) is 15.2. The Kier molecular flexibility index (Phi) is 10.1. The highest BCUT2D eigenvalue weighted by Crippen LogP contribution is 2.35. The summed E-state index contributed by atoms with van der Waals surface area (Å²) in [6.07, 6.45) is 6.05. The van der Waals surface area contributed by atoms with Gasteiger partial charge in [-0.05, 0) is 44.4 Å². The number of amides is 2. The molecule has 11 heteroatoms. The van der Waals surface area contributed by atoms with E-state index in [2.05, 4.69) is 5.32 Å². The van der Waals surface area contributed by atoms with Gasteiger partial charge in [-0.15, -0.1) is 0 Å². The minimum Gasteiger partial charge on any atom is -0.352 e. The molecule has 0 aliphatic heterocycles. The molecule has 1 saturated carbocycles. The van der Waals surface area contributed by atoms with Crippen molar-refractivity contribution in [2.75, 3.05) is 17.1 Å². The van der Waals surface area contributed by atoms with Gasteiger partial charge in [0.25, 0.3) is 0 Å². The second-order valence-corrected chi connectivity index (χ2v) is 12.6. The maximum absolute atomic E-state index is 13.7. The summed E-state index contributed by atoms with van der Waals surface area (Å²) in [6, 6.07) is 9.48. The summed E-state index contributed by atoms with van der Waals surface area (Å²) in [4.78, 5) is 28.3. The molecule has 2 aromatic rings. The molecule has 2 aromatic carbocycles. The van der Waals surface area contributed by atoms with E-state index < -0.39 is 28.5 Å². The number of anilines is 1. The molecule has 0 aromatic heterocycles. The Balaban J connectivity index is 1.91. The van der Waals surface area contributed by atoms with Crippen LogP contribution in [0.2, 0.25) is 15.1 Å². The van der Waals surface area contributed by atoms with Crippen molar-refractivity contribution in [1.29, 1.82) is 0 Å². The number of halogens is 3. The Morgan fingerprint density at radius 3 is 2.19 bits per heavy atom. The Hall–Kier alpha value is -2.00. The molecule has 0 unspecified atom stereocenters. The fourth-order valence-corrected chi connectivity index (χ4v) is 5.89. The molecule has 1 atom stereocenters. The predicted molar refractivity (Wildman–Crippen MR) is 150 cm³/mol. The monoisotopic (exact) mass is 587 g/mol. The standard InChI is InChI=1S/C26H32Cl3N3O4S/c1-17-9-11-19(12-10-17)15-31(18(2)26(34)30-20-7-5-4-6-8-20)25(33)16-32(37(3,35)36)24-14-22(28)21(27)13-23(24)29/h9-14,18,20H,4-8,15-16H2,1-3H3,(H,30,34)/t18-/m1/s1. The zero-order valence-corrected chi connectivity index (χ0v) is 24.2. The second-order valence-electron chi connectivity index (χ2n) is 9.51. The van der Waals surface area contributed by atoms with Gasteiger partial charge in [-0.2, -0.15) is 0 Å². The van der Waals surface area contributed by atoms with E-state index in [1.807, 2.05) is 31.2 Å². The summed E-state index contributed by atoms with van der Waals surface area (Å²) < 4.78 is 26.4. The largest absolute Gasteiger partial charge is 0.352 e. The van der Waals surface area contributed by atoms with Crippen LogP contribution in [0.3, 0.4) is 0 Å². The third kappa shape index (κ3) is 7.99. The molecule has 7 nitrogen and oxygen atoms in total. The van der Waals surface area contributed by atoms with Gasteiger partial charge in [0, 0.05) is 12.6 Å². The van der Waals surface area contributed by atoms with E-state index in [4.69, 9.17) is 34.8 Å². The zero-order chi connectivity index (χ0) is 27.3. The minimum absolute atomic E-state index is 0.0285. The number of aryl methyl sites for hydroxylation is 1. The SMILES string of the molecule is Cc1ccc(CN(C(=O)CN(c2cc(Cl)c(Cl)cc2Cl)S(C)(=O)=O)[C@H](C)C(=O)NC2CCCCC2)cc1. The van der Waals surface area contributed by atoms with Crippen LogP contribution in [-0.4, -0.2) is 50.0 Å². The van der Waals surface area contributed by atoms with E-state index in [0.717, 1.165) is 53.8 Å². The molecule has 0 radical (unpaired) electrons. The first-order valence-electron chi connectivity index (χ1n) is 12.1. The van der Waals surface area contributed by atoms with E-state index in [9.17, 15) is 18.0 Å². The molecule has 1 fully saturated rings. The number of hydrogen-bond acceptors (Lipinski definition) is 4. The summed E-state index contributed by atoms with van der Waals surface area (Å²) in [6.45, 7) is 3.17. The number of carbonyl (C=O) groups is 2. The van der Waals surface area contributed by atoms with Crippen molar-refractivity contribution in [2.24, 2.45) is 0 Å². The van der Waals surface area contributed by atoms with Crippen molar-refractivity contribution in [3.63, 3.8) is 0 Å². The first kappa shape index (κ1) is 29.6. The smallest absolute Gasteiger partial charge is 0.244 e. The number of sulfonamides is 1. The van der Waals surface area contributed by atoms with E-state index in [0.29, 0.717) is 0 Å². The lowest BCUT2D eigenvalue weighted by atomic mass is 9.95. The quantitative estimate of drug-likeness (QED) is 0.387. The number of benzene rings is 2. The maximum atomic E-state index is 13.7. The lowest BCUT2D eigenvalue weighted by Gasteiger charge is -2.33. The highest BCUT2D eigenvalue weighted by atomic mass is 35.5. The summed E-state index contributed by atoms with van der Waals surface area (Å²) in [7, 11) is -3.95. The second kappa shape index (κ2) is 12.7. The highest BCUT2D eigenvalue weighted by molar-refractivity contribution is 7.92. The van der Waals surface area contributed by atoms with Gasteiger partial charge in [0.1, 0.15) is 12.6 Å². The average Bonchev–Trinajstić information content (AvgIpc) is 2.84. The van der Waals surface area contributed by atoms with Crippen LogP contribution in [0.4, 0.5) is 5.69 Å². The minimum atomic E-state index is -3.95. The van der Waals surface area contributed by atoms with Gasteiger partial charge in [0.05, 0.1) is 27.0 Å². The maximum Gasteiger partial charge on any atom is 0.244 e.